The Morgan fingerprint density at radius 1 is 1.11 bits per heavy atom. The summed E-state index contributed by atoms with van der Waals surface area (Å²) in [6.07, 6.45) is 4.66. The summed E-state index contributed by atoms with van der Waals surface area (Å²) in [6.45, 7) is 16.6. The molecule has 0 bridgehead atoms. The van der Waals surface area contributed by atoms with E-state index in [1.807, 2.05) is 58.0 Å². The predicted molar refractivity (Wildman–Crippen MR) is 177 cm³/mol. The largest absolute Gasteiger partial charge is 0.490 e. The molecule has 1 atom stereocenters. The van der Waals surface area contributed by atoms with E-state index in [9.17, 15) is 14.0 Å². The van der Waals surface area contributed by atoms with Crippen LogP contribution in [0, 0.1) is 18.3 Å². The van der Waals surface area contributed by atoms with E-state index >= 15 is 0 Å². The third-order valence-electron chi connectivity index (χ3n) is 8.13. The van der Waals surface area contributed by atoms with Crippen molar-refractivity contribution in [3.63, 3.8) is 0 Å². The number of pyridine rings is 1. The fourth-order valence-electron chi connectivity index (χ4n) is 5.68. The summed E-state index contributed by atoms with van der Waals surface area (Å²) in [7, 11) is 0. The fraction of sp³-hybridized carbons (Fsp3) is 0.343. The molecule has 9 nitrogen and oxygen atoms in total. The number of thiophene rings is 1. The number of hydrogen-bond donors (Lipinski definition) is 0. The molecule has 1 amide bonds. The van der Waals surface area contributed by atoms with Crippen LogP contribution in [0.1, 0.15) is 52.1 Å². The van der Waals surface area contributed by atoms with Gasteiger partial charge in [-0.15, -0.1) is 11.3 Å². The Labute approximate surface area is 270 Å². The first kappa shape index (κ1) is 31.2. The molecule has 6 rings (SSSR count). The summed E-state index contributed by atoms with van der Waals surface area (Å²) in [5.74, 6) is 0.529. The maximum Gasteiger partial charge on any atom is 0.410 e. The molecule has 1 aliphatic rings. The van der Waals surface area contributed by atoms with Crippen LogP contribution in [-0.2, 0) is 4.74 Å². The van der Waals surface area contributed by atoms with Gasteiger partial charge in [-0.2, -0.15) is 0 Å². The lowest BCUT2D eigenvalue weighted by Gasteiger charge is -2.33. The first-order valence-corrected chi connectivity index (χ1v) is 16.0. The molecule has 0 radical (unpaired) electrons. The molecule has 0 unspecified atom stereocenters. The maximum atomic E-state index is 15.0. The van der Waals surface area contributed by atoms with Crippen LogP contribution in [0.3, 0.4) is 0 Å². The number of hydrogen-bond acceptors (Lipinski definition) is 7. The second-order valence-corrected chi connectivity index (χ2v) is 13.6. The third kappa shape index (κ3) is 6.44. The first-order chi connectivity index (χ1) is 22.0. The summed E-state index contributed by atoms with van der Waals surface area (Å²) in [5, 5.41) is 1.36. The molecule has 1 aliphatic heterocycles. The van der Waals surface area contributed by atoms with E-state index in [1.165, 1.54) is 22.0 Å². The molecule has 11 heteroatoms. The molecular formula is C35H34FN5O4S. The molecule has 0 spiro atoms. The number of benzene rings is 2. The molecule has 236 valence electrons. The highest BCUT2D eigenvalue weighted by Crippen LogP contribution is 2.37. The van der Waals surface area contributed by atoms with Gasteiger partial charge in [0.05, 0.1) is 31.6 Å². The number of ether oxygens (including phenoxy) is 2. The highest BCUT2D eigenvalue weighted by Gasteiger charge is 2.27. The van der Waals surface area contributed by atoms with Crippen molar-refractivity contribution in [3.05, 3.63) is 94.1 Å². The number of fused-ring (bicyclic) bond motifs is 3. The van der Waals surface area contributed by atoms with Crippen LogP contribution < -0.4 is 10.3 Å². The van der Waals surface area contributed by atoms with Crippen molar-refractivity contribution in [3.8, 4) is 17.1 Å². The van der Waals surface area contributed by atoms with E-state index < -0.39 is 23.0 Å². The normalized spacial score (nSPS) is 14.7. The molecule has 3 aromatic heterocycles. The van der Waals surface area contributed by atoms with Crippen molar-refractivity contribution in [1.82, 2.24) is 19.4 Å². The molecule has 0 saturated carbocycles. The minimum absolute atomic E-state index is 0.276. The highest BCUT2D eigenvalue weighted by atomic mass is 32.1. The second kappa shape index (κ2) is 12.5. The van der Waals surface area contributed by atoms with Crippen LogP contribution in [0.4, 0.5) is 14.9 Å². The summed E-state index contributed by atoms with van der Waals surface area (Å²) in [5.41, 5.74) is 0.803. The number of carbonyl (C=O) groups excluding carboxylic acids is 1. The first-order valence-electron chi connectivity index (χ1n) is 15.2. The molecule has 46 heavy (non-hydrogen) atoms. The number of aromatic nitrogens is 3. The third-order valence-corrected chi connectivity index (χ3v) is 9.31. The molecular weight excluding hydrogens is 605 g/mol. The van der Waals surface area contributed by atoms with Gasteiger partial charge in [-0.1, -0.05) is 30.3 Å². The lowest BCUT2D eigenvalue weighted by Crippen LogP contribution is -2.42. The quantitative estimate of drug-likeness (QED) is 0.175. The standard InChI is InChI=1S/C35H34FN5O4S/c1-21(41-32(42)29(36)17-28-27-16-25(37-5)9-10-30(27)46-33(28)41)23-7-6-8-24(15-23)31-38-18-26(19-39-31)44-20-22-11-13-40(14-12-22)34(43)45-35(2,3)4/h6-10,15-19,21-22H,11-14,20H2,1-4H3/t21-/m1/s1. The molecule has 0 aliphatic carbocycles. The number of amides is 1. The van der Waals surface area contributed by atoms with E-state index in [1.54, 1.807) is 29.4 Å². The molecule has 0 N–H and O–H groups in total. The number of likely N-dealkylation sites (tertiary alicyclic amines) is 1. The lowest BCUT2D eigenvalue weighted by molar-refractivity contribution is 0.0165. The zero-order valence-electron chi connectivity index (χ0n) is 26.1. The average molecular weight is 640 g/mol. The van der Waals surface area contributed by atoms with E-state index in [0.29, 0.717) is 53.1 Å². The maximum absolute atomic E-state index is 15.0. The van der Waals surface area contributed by atoms with Gasteiger partial charge in [0.2, 0.25) is 0 Å². The van der Waals surface area contributed by atoms with Crippen molar-refractivity contribution in [2.24, 2.45) is 5.92 Å². The highest BCUT2D eigenvalue weighted by molar-refractivity contribution is 7.25. The van der Waals surface area contributed by atoms with Gasteiger partial charge in [0.25, 0.3) is 5.56 Å². The zero-order chi connectivity index (χ0) is 32.6. The van der Waals surface area contributed by atoms with Crippen LogP contribution in [-0.4, -0.2) is 50.8 Å². The minimum atomic E-state index is -0.837. The van der Waals surface area contributed by atoms with Gasteiger partial charge < -0.3 is 14.4 Å². The van der Waals surface area contributed by atoms with Crippen molar-refractivity contribution in [2.45, 2.75) is 52.2 Å². The Morgan fingerprint density at radius 3 is 2.54 bits per heavy atom. The SMILES string of the molecule is [C-]#[N+]c1ccc2sc3c(cc(F)c(=O)n3[C@H](C)c3cccc(-c4ncc(OCC5CCN(C(=O)OC(C)(C)C)CC5)cn4)c3)c2c1. The van der Waals surface area contributed by atoms with Crippen molar-refractivity contribution < 1.29 is 18.7 Å². The summed E-state index contributed by atoms with van der Waals surface area (Å²) >= 11 is 1.41. The molecule has 5 aromatic rings. The van der Waals surface area contributed by atoms with Gasteiger partial charge >= 0.3 is 6.09 Å². The Morgan fingerprint density at radius 2 is 1.85 bits per heavy atom. The summed E-state index contributed by atoms with van der Waals surface area (Å²) in [4.78, 5) is 40.4. The topological polar surface area (TPSA) is 90.9 Å². The van der Waals surface area contributed by atoms with E-state index in [2.05, 4.69) is 14.8 Å². The van der Waals surface area contributed by atoms with Gasteiger partial charge in [-0.25, -0.2) is 24.0 Å². The lowest BCUT2D eigenvalue weighted by atomic mass is 9.98. The van der Waals surface area contributed by atoms with Gasteiger partial charge in [-0.05, 0) is 75.6 Å². The Hall–Kier alpha value is -4.82. The molecule has 2 aromatic carbocycles. The van der Waals surface area contributed by atoms with Gasteiger partial charge in [0, 0.05) is 28.7 Å². The summed E-state index contributed by atoms with van der Waals surface area (Å²) in [6, 6.07) is 13.7. The second-order valence-electron chi connectivity index (χ2n) is 12.5. The van der Waals surface area contributed by atoms with Crippen LogP contribution in [0.2, 0.25) is 0 Å². The molecule has 1 saturated heterocycles. The van der Waals surface area contributed by atoms with E-state index in [4.69, 9.17) is 16.0 Å². The number of carbonyl (C=O) groups is 1. The van der Waals surface area contributed by atoms with E-state index in [-0.39, 0.29) is 6.09 Å². The Kier molecular flexibility index (Phi) is 8.49. The number of rotatable bonds is 6. The molecule has 1 fully saturated rings. The average Bonchev–Trinajstić information content (AvgIpc) is 3.40. The summed E-state index contributed by atoms with van der Waals surface area (Å²) < 4.78 is 28.8. The molecule has 4 heterocycles. The number of piperidine rings is 1. The monoisotopic (exact) mass is 639 g/mol. The Bertz CT molecular complexity index is 2020. The van der Waals surface area contributed by atoms with Gasteiger partial charge in [-0.3, -0.25) is 9.36 Å². The van der Waals surface area contributed by atoms with Crippen LogP contribution in [0.15, 0.2) is 65.7 Å². The van der Waals surface area contributed by atoms with Crippen LogP contribution in [0.25, 0.3) is 36.5 Å². The zero-order valence-corrected chi connectivity index (χ0v) is 26.9. The van der Waals surface area contributed by atoms with Crippen molar-refractivity contribution in [1.29, 1.82) is 0 Å². The van der Waals surface area contributed by atoms with E-state index in [0.717, 1.165) is 34.1 Å². The Balaban J connectivity index is 1.15. The van der Waals surface area contributed by atoms with Crippen molar-refractivity contribution >= 4 is 43.4 Å². The van der Waals surface area contributed by atoms with Gasteiger partial charge in [0.15, 0.2) is 23.1 Å². The fourth-order valence-corrected chi connectivity index (χ4v) is 6.92. The van der Waals surface area contributed by atoms with Gasteiger partial charge in [0.1, 0.15) is 10.4 Å². The smallest absolute Gasteiger partial charge is 0.410 e. The van der Waals surface area contributed by atoms with Crippen LogP contribution >= 0.6 is 11.3 Å². The predicted octanol–water partition coefficient (Wildman–Crippen LogP) is 8.00. The minimum Gasteiger partial charge on any atom is -0.490 e. The van der Waals surface area contributed by atoms with Crippen LogP contribution in [0.5, 0.6) is 5.75 Å². The number of halogens is 1. The van der Waals surface area contributed by atoms with Crippen molar-refractivity contribution in [2.75, 3.05) is 19.7 Å². The number of nitrogens with zero attached hydrogens (tertiary/aromatic N) is 5.